The number of amides is 2. The van der Waals surface area contributed by atoms with E-state index in [1.54, 1.807) is 36.3 Å². The second-order valence-corrected chi connectivity index (χ2v) is 6.14. The lowest BCUT2D eigenvalue weighted by atomic mass is 10.2. The van der Waals surface area contributed by atoms with Crippen molar-refractivity contribution >= 4 is 34.2 Å². The molecule has 2 amide bonds. The fraction of sp³-hybridized carbons (Fsp3) is 0.200. The van der Waals surface area contributed by atoms with Crippen LogP contribution in [-0.4, -0.2) is 25.5 Å². The number of ether oxygens (including phenoxy) is 1. The molecule has 1 aliphatic heterocycles. The van der Waals surface area contributed by atoms with Crippen molar-refractivity contribution in [2.75, 3.05) is 23.9 Å². The summed E-state index contributed by atoms with van der Waals surface area (Å²) in [6, 6.07) is 14.4. The number of methoxy groups -OCH3 is 1. The molecule has 0 aliphatic carbocycles. The minimum Gasteiger partial charge on any atom is -0.493 e. The number of nitrogens with one attached hydrogen (secondary N) is 1. The molecule has 0 radical (unpaired) electrons. The van der Waals surface area contributed by atoms with Crippen molar-refractivity contribution in [3.63, 3.8) is 0 Å². The van der Waals surface area contributed by atoms with Gasteiger partial charge in [-0.1, -0.05) is 18.2 Å². The highest BCUT2D eigenvalue weighted by Gasteiger charge is 2.22. The fourth-order valence-corrected chi connectivity index (χ4v) is 3.17. The number of fused-ring (bicyclic) bond motifs is 1. The van der Waals surface area contributed by atoms with Crippen LogP contribution in [0.25, 0.3) is 11.0 Å². The van der Waals surface area contributed by atoms with Crippen LogP contribution in [0.5, 0.6) is 5.75 Å². The lowest BCUT2D eigenvalue weighted by molar-refractivity contribution is -0.117. The summed E-state index contributed by atoms with van der Waals surface area (Å²) in [6.07, 6.45) is 1.42. The van der Waals surface area contributed by atoms with Crippen molar-refractivity contribution in [3.05, 3.63) is 54.3 Å². The fourth-order valence-electron chi connectivity index (χ4n) is 3.17. The molecule has 1 aromatic heterocycles. The molecule has 6 nitrogen and oxygen atoms in total. The maximum Gasteiger partial charge on any atom is 0.291 e. The monoisotopic (exact) mass is 350 g/mol. The van der Waals surface area contributed by atoms with E-state index in [9.17, 15) is 9.59 Å². The van der Waals surface area contributed by atoms with Gasteiger partial charge in [-0.05, 0) is 36.8 Å². The smallest absolute Gasteiger partial charge is 0.291 e. The van der Waals surface area contributed by atoms with E-state index in [4.69, 9.17) is 9.15 Å². The second-order valence-electron chi connectivity index (χ2n) is 6.14. The number of hydrogen-bond acceptors (Lipinski definition) is 4. The number of hydrogen-bond donors (Lipinski definition) is 1. The normalized spacial score (nSPS) is 14.0. The molecule has 1 aliphatic rings. The van der Waals surface area contributed by atoms with Gasteiger partial charge in [0, 0.05) is 29.7 Å². The van der Waals surface area contributed by atoms with Crippen LogP contribution in [0.1, 0.15) is 23.4 Å². The van der Waals surface area contributed by atoms with E-state index < -0.39 is 0 Å². The lowest BCUT2D eigenvalue weighted by Crippen LogP contribution is -2.23. The first-order valence-corrected chi connectivity index (χ1v) is 8.44. The molecule has 26 heavy (non-hydrogen) atoms. The van der Waals surface area contributed by atoms with Crippen LogP contribution in [0, 0.1) is 0 Å². The first-order chi connectivity index (χ1) is 12.7. The van der Waals surface area contributed by atoms with Crippen molar-refractivity contribution < 1.29 is 18.7 Å². The summed E-state index contributed by atoms with van der Waals surface area (Å²) in [5, 5.41) is 3.62. The van der Waals surface area contributed by atoms with Gasteiger partial charge in [-0.15, -0.1) is 0 Å². The Morgan fingerprint density at radius 1 is 1.19 bits per heavy atom. The van der Waals surface area contributed by atoms with E-state index in [0.29, 0.717) is 30.0 Å². The largest absolute Gasteiger partial charge is 0.493 e. The second kappa shape index (κ2) is 6.55. The maximum absolute atomic E-state index is 12.6. The minimum absolute atomic E-state index is 0.109. The zero-order valence-corrected chi connectivity index (χ0v) is 14.3. The van der Waals surface area contributed by atoms with Gasteiger partial charge in [0.25, 0.3) is 5.91 Å². The Morgan fingerprint density at radius 3 is 2.81 bits per heavy atom. The van der Waals surface area contributed by atoms with Gasteiger partial charge < -0.3 is 19.4 Å². The molecule has 1 fully saturated rings. The predicted octanol–water partition coefficient (Wildman–Crippen LogP) is 3.82. The summed E-state index contributed by atoms with van der Waals surface area (Å²) in [4.78, 5) is 26.2. The van der Waals surface area contributed by atoms with Gasteiger partial charge in [0.05, 0.1) is 7.11 Å². The number of furan rings is 1. The number of nitrogens with zero attached hydrogens (tertiary/aromatic N) is 1. The quantitative estimate of drug-likeness (QED) is 0.776. The third kappa shape index (κ3) is 2.90. The van der Waals surface area contributed by atoms with E-state index >= 15 is 0 Å². The average Bonchev–Trinajstić information content (AvgIpc) is 3.27. The van der Waals surface area contributed by atoms with E-state index in [0.717, 1.165) is 17.5 Å². The van der Waals surface area contributed by atoms with E-state index in [1.807, 2.05) is 24.3 Å². The molecule has 132 valence electrons. The minimum atomic E-state index is -0.354. The van der Waals surface area contributed by atoms with Gasteiger partial charge in [0.1, 0.15) is 0 Å². The van der Waals surface area contributed by atoms with Gasteiger partial charge >= 0.3 is 0 Å². The zero-order valence-electron chi connectivity index (χ0n) is 14.3. The number of para-hydroxylation sites is 1. The first kappa shape index (κ1) is 16.2. The molecule has 6 heteroatoms. The molecule has 2 aromatic carbocycles. The number of carbonyl (C=O) groups is 2. The third-order valence-corrected chi connectivity index (χ3v) is 4.44. The predicted molar refractivity (Wildman–Crippen MR) is 98.7 cm³/mol. The van der Waals surface area contributed by atoms with Gasteiger partial charge in [0.2, 0.25) is 5.91 Å². The molecule has 0 atom stereocenters. The van der Waals surface area contributed by atoms with Gasteiger partial charge in [-0.3, -0.25) is 9.59 Å². The van der Waals surface area contributed by atoms with Crippen molar-refractivity contribution in [1.82, 2.24) is 0 Å². The third-order valence-electron chi connectivity index (χ3n) is 4.44. The SMILES string of the molecule is COc1cccc2cc(C(=O)Nc3cccc(N4CCCC4=O)c3)oc12. The maximum atomic E-state index is 12.6. The van der Waals surface area contributed by atoms with Gasteiger partial charge in [0.15, 0.2) is 17.1 Å². The van der Waals surface area contributed by atoms with Crippen LogP contribution in [-0.2, 0) is 4.79 Å². The van der Waals surface area contributed by atoms with Crippen LogP contribution < -0.4 is 15.0 Å². The van der Waals surface area contributed by atoms with Gasteiger partial charge in [-0.2, -0.15) is 0 Å². The van der Waals surface area contributed by atoms with E-state index in [-0.39, 0.29) is 17.6 Å². The van der Waals surface area contributed by atoms with Crippen molar-refractivity contribution in [2.24, 2.45) is 0 Å². The van der Waals surface area contributed by atoms with Crippen molar-refractivity contribution in [3.8, 4) is 5.75 Å². The Balaban J connectivity index is 1.58. The number of benzene rings is 2. The molecular formula is C20H18N2O4. The van der Waals surface area contributed by atoms with E-state index in [2.05, 4.69) is 5.32 Å². The summed E-state index contributed by atoms with van der Waals surface area (Å²) in [5.74, 6) is 0.536. The summed E-state index contributed by atoms with van der Waals surface area (Å²) in [7, 11) is 1.56. The first-order valence-electron chi connectivity index (χ1n) is 8.44. The molecule has 3 aromatic rings. The topological polar surface area (TPSA) is 71.8 Å². The molecule has 4 rings (SSSR count). The van der Waals surface area contributed by atoms with Crippen LogP contribution in [0.4, 0.5) is 11.4 Å². The van der Waals surface area contributed by atoms with Crippen LogP contribution in [0.2, 0.25) is 0 Å². The van der Waals surface area contributed by atoms with Crippen LogP contribution >= 0.6 is 0 Å². The Morgan fingerprint density at radius 2 is 2.04 bits per heavy atom. The Hall–Kier alpha value is -3.28. The highest BCUT2D eigenvalue weighted by atomic mass is 16.5. The highest BCUT2D eigenvalue weighted by Crippen LogP contribution is 2.29. The molecule has 0 bridgehead atoms. The number of rotatable bonds is 4. The molecule has 1 saturated heterocycles. The summed E-state index contributed by atoms with van der Waals surface area (Å²) >= 11 is 0. The van der Waals surface area contributed by atoms with Crippen LogP contribution in [0.15, 0.2) is 52.9 Å². The number of carbonyl (C=O) groups excluding carboxylic acids is 2. The Kier molecular flexibility index (Phi) is 4.08. The lowest BCUT2D eigenvalue weighted by Gasteiger charge is -2.16. The molecule has 1 N–H and O–H groups in total. The Labute approximate surface area is 150 Å². The molecule has 2 heterocycles. The van der Waals surface area contributed by atoms with E-state index in [1.165, 1.54) is 0 Å². The standard InChI is InChI=1S/C20H18N2O4/c1-25-16-8-2-5-13-11-17(26-19(13)16)20(24)21-14-6-3-7-15(12-14)22-10-4-9-18(22)23/h2-3,5-8,11-12H,4,9-10H2,1H3,(H,21,24). The highest BCUT2D eigenvalue weighted by molar-refractivity contribution is 6.05. The average molecular weight is 350 g/mol. The zero-order chi connectivity index (χ0) is 18.1. The molecule has 0 spiro atoms. The molecule has 0 saturated carbocycles. The number of anilines is 2. The van der Waals surface area contributed by atoms with Gasteiger partial charge in [-0.25, -0.2) is 0 Å². The molecular weight excluding hydrogens is 332 g/mol. The van der Waals surface area contributed by atoms with Crippen LogP contribution in [0.3, 0.4) is 0 Å². The van der Waals surface area contributed by atoms with Crippen molar-refractivity contribution in [1.29, 1.82) is 0 Å². The summed E-state index contributed by atoms with van der Waals surface area (Å²) in [5.41, 5.74) is 1.94. The molecule has 0 unspecified atom stereocenters. The summed E-state index contributed by atoms with van der Waals surface area (Å²) in [6.45, 7) is 0.708. The van der Waals surface area contributed by atoms with Crippen molar-refractivity contribution in [2.45, 2.75) is 12.8 Å². The summed E-state index contributed by atoms with van der Waals surface area (Å²) < 4.78 is 10.9. The Bertz CT molecular complexity index is 992.